The molecule has 4 aliphatic heterocycles. The van der Waals surface area contributed by atoms with Crippen LogP contribution in [0.15, 0.2) is 404 Å². The lowest BCUT2D eigenvalue weighted by Crippen LogP contribution is -2.64. The van der Waals surface area contributed by atoms with Gasteiger partial charge in [0, 0.05) is 94.0 Å². The number of aromatic nitrogens is 2. The molecular formula is C100H65B2N5S. The maximum atomic E-state index is 2.72. The number of anilines is 9. The van der Waals surface area contributed by atoms with Gasteiger partial charge < -0.3 is 23.8 Å². The zero-order valence-corrected chi connectivity index (χ0v) is 59.6. The zero-order valence-electron chi connectivity index (χ0n) is 58.8. The first-order chi connectivity index (χ1) is 53.7. The normalized spacial score (nSPS) is 12.9. The third-order valence-electron chi connectivity index (χ3n) is 22.7. The minimum Gasteiger partial charge on any atom is -0.311 e. The van der Waals surface area contributed by atoms with Crippen LogP contribution in [0.2, 0.25) is 0 Å². The lowest BCUT2D eigenvalue weighted by molar-refractivity contribution is 1.12. The number of para-hydroxylation sites is 7. The average Bonchev–Trinajstić information content (AvgIpc) is 0.743. The molecule has 0 atom stereocenters. The summed E-state index contributed by atoms with van der Waals surface area (Å²) in [4.78, 5) is 10.3. The van der Waals surface area contributed by atoms with Crippen LogP contribution in [-0.4, -0.2) is 22.6 Å². The Morgan fingerprint density at radius 3 is 1.06 bits per heavy atom. The van der Waals surface area contributed by atoms with Crippen molar-refractivity contribution in [1.29, 1.82) is 0 Å². The largest absolute Gasteiger partial charge is 0.311 e. The molecular weight excluding hydrogens is 1320 g/mol. The minimum atomic E-state index is -0.221. The van der Waals surface area contributed by atoms with Gasteiger partial charge in [-0.1, -0.05) is 333 Å². The van der Waals surface area contributed by atoms with E-state index in [1.807, 2.05) is 11.8 Å². The van der Waals surface area contributed by atoms with Crippen molar-refractivity contribution in [2.24, 2.45) is 0 Å². The second-order valence-corrected chi connectivity index (χ2v) is 29.6. The molecule has 0 unspecified atom stereocenters. The molecule has 0 saturated carbocycles. The maximum absolute atomic E-state index is 2.72. The van der Waals surface area contributed by atoms with Gasteiger partial charge in [-0.3, -0.25) is 0 Å². The highest BCUT2D eigenvalue weighted by Gasteiger charge is 2.48. The number of nitrogens with zero attached hydrogens (tertiary/aromatic N) is 5. The summed E-state index contributed by atoms with van der Waals surface area (Å²) in [6, 6.07) is 147. The standard InChI is InChI=1S/C100H65B2N5S/c1-9-34-66(35-10-1)76-52-33-53-77(67-36-11-2-12-37-67)100(76)107-88-65-92-83(102-81-55-28-32-59-87(81)104(73-48-23-8-24-49-73)91-62-75(63-93(108-92)97(91)102)106-85-57-30-26-51-79(85)95(69-40-15-4-16-41-69)99(106)71-44-19-6-20-45-71)64-82(88)101-80-54-27-31-58-86(80)103(72-46-21-7-22-47-72)89-60-74(61-90(107)96(89)101)105-84-56-29-25-50-78(84)94(68-38-13-3-14-39-68)98(105)70-42-17-5-18-43-70/h1-65H. The van der Waals surface area contributed by atoms with E-state index >= 15 is 0 Å². The van der Waals surface area contributed by atoms with Crippen LogP contribution in [0.25, 0.3) is 100 Å². The first-order valence-corrected chi connectivity index (χ1v) is 38.1. The second kappa shape index (κ2) is 25.1. The van der Waals surface area contributed by atoms with Gasteiger partial charge in [-0.05, 0) is 140 Å². The van der Waals surface area contributed by atoms with Crippen LogP contribution in [-0.2, 0) is 0 Å². The topological polar surface area (TPSA) is 19.6 Å². The average molecular weight is 1390 g/mol. The SMILES string of the molecule is c1ccc(-c2cccc(-c3ccccc3)c2N2c3cc4c(cc3B3c5ccccc5N(c5ccccc5)c5cc(-n6c(-c7ccccc7)c(-c7ccccc7)c7ccccc76)cc2c53)B2c3ccccc3N(c3ccccc3)c3cc(-n5c(-c6ccccc6)c(-c6ccccc6)c6ccccc65)cc(c32)S4)cc1. The van der Waals surface area contributed by atoms with Gasteiger partial charge in [0.15, 0.2) is 0 Å². The van der Waals surface area contributed by atoms with E-state index < -0.39 is 0 Å². The number of hydrogen-bond donors (Lipinski definition) is 0. The summed E-state index contributed by atoms with van der Waals surface area (Å²) in [6.45, 7) is -0.373. The van der Waals surface area contributed by atoms with Crippen LogP contribution in [0.5, 0.6) is 0 Å². The Morgan fingerprint density at radius 2 is 0.593 bits per heavy atom. The summed E-state index contributed by atoms with van der Waals surface area (Å²) in [5, 5.41) is 2.39. The van der Waals surface area contributed by atoms with Crippen molar-refractivity contribution >= 4 is 131 Å². The molecule has 0 spiro atoms. The second-order valence-electron chi connectivity index (χ2n) is 28.5. The molecule has 108 heavy (non-hydrogen) atoms. The lowest BCUT2D eigenvalue weighted by Gasteiger charge is -2.46. The van der Waals surface area contributed by atoms with Gasteiger partial charge in [0.25, 0.3) is 6.71 Å². The summed E-state index contributed by atoms with van der Waals surface area (Å²) in [5.41, 5.74) is 36.1. The molecule has 0 fully saturated rings. The van der Waals surface area contributed by atoms with E-state index in [-0.39, 0.29) is 13.4 Å². The molecule has 0 N–H and O–H groups in total. The Kier molecular flexibility index (Phi) is 14.4. The van der Waals surface area contributed by atoms with E-state index in [0.29, 0.717) is 0 Å². The summed E-state index contributed by atoms with van der Waals surface area (Å²) < 4.78 is 5.13. The van der Waals surface area contributed by atoms with E-state index in [1.165, 1.54) is 81.4 Å². The van der Waals surface area contributed by atoms with Gasteiger partial charge in [-0.25, -0.2) is 0 Å². The Labute approximate surface area is 633 Å². The van der Waals surface area contributed by atoms with Gasteiger partial charge in [-0.15, -0.1) is 0 Å². The summed E-state index contributed by atoms with van der Waals surface area (Å²) >= 11 is 1.93. The molecule has 0 radical (unpaired) electrons. The van der Waals surface area contributed by atoms with Crippen LogP contribution >= 0.6 is 11.8 Å². The fourth-order valence-electron chi connectivity index (χ4n) is 18.4. The molecule has 16 aromatic carbocycles. The van der Waals surface area contributed by atoms with E-state index in [9.17, 15) is 0 Å². The maximum Gasteiger partial charge on any atom is 0.252 e. The molecule has 18 aromatic rings. The molecule has 0 amide bonds. The number of fused-ring (bicyclic) bond motifs is 10. The molecule has 8 heteroatoms. The number of benzene rings is 16. The van der Waals surface area contributed by atoms with E-state index in [0.717, 1.165) is 113 Å². The zero-order chi connectivity index (χ0) is 70.9. The Bertz CT molecular complexity index is 6530. The predicted molar refractivity (Wildman–Crippen MR) is 457 cm³/mol. The first-order valence-electron chi connectivity index (χ1n) is 37.3. The smallest absolute Gasteiger partial charge is 0.252 e. The highest BCUT2D eigenvalue weighted by Crippen LogP contribution is 2.55. The van der Waals surface area contributed by atoms with Gasteiger partial charge in [0.1, 0.15) is 0 Å². The van der Waals surface area contributed by atoms with Crippen molar-refractivity contribution in [3.63, 3.8) is 0 Å². The minimum absolute atomic E-state index is 0.151. The molecule has 0 saturated heterocycles. The first kappa shape index (κ1) is 61.9. The van der Waals surface area contributed by atoms with E-state index in [4.69, 9.17) is 0 Å². The molecule has 22 rings (SSSR count). The van der Waals surface area contributed by atoms with Crippen LogP contribution in [0.3, 0.4) is 0 Å². The van der Waals surface area contributed by atoms with Crippen molar-refractivity contribution < 1.29 is 0 Å². The number of hydrogen-bond acceptors (Lipinski definition) is 4. The van der Waals surface area contributed by atoms with Crippen molar-refractivity contribution in [2.75, 3.05) is 14.7 Å². The summed E-state index contributed by atoms with van der Waals surface area (Å²) in [7, 11) is 0. The molecule has 0 bridgehead atoms. The molecule has 4 aliphatic rings. The highest BCUT2D eigenvalue weighted by atomic mass is 32.2. The quantitative estimate of drug-likeness (QED) is 0.120. The van der Waals surface area contributed by atoms with E-state index in [1.54, 1.807) is 0 Å². The van der Waals surface area contributed by atoms with Gasteiger partial charge in [0.05, 0.1) is 33.8 Å². The molecule has 5 nitrogen and oxygen atoms in total. The van der Waals surface area contributed by atoms with Crippen LogP contribution in [0.4, 0.5) is 51.2 Å². The van der Waals surface area contributed by atoms with Gasteiger partial charge in [-0.2, -0.15) is 0 Å². The van der Waals surface area contributed by atoms with Crippen LogP contribution in [0.1, 0.15) is 0 Å². The third kappa shape index (κ3) is 9.56. The fraction of sp³-hybridized carbons (Fsp3) is 0. The van der Waals surface area contributed by atoms with Crippen molar-refractivity contribution in [3.05, 3.63) is 394 Å². The van der Waals surface area contributed by atoms with Crippen molar-refractivity contribution in [2.45, 2.75) is 9.79 Å². The van der Waals surface area contributed by atoms with Crippen LogP contribution < -0.4 is 47.5 Å². The van der Waals surface area contributed by atoms with Crippen LogP contribution in [0, 0.1) is 0 Å². The molecule has 0 aliphatic carbocycles. The number of rotatable bonds is 11. The lowest BCUT2D eigenvalue weighted by atomic mass is 9.31. The Balaban J connectivity index is 0.876. The Hall–Kier alpha value is -13.5. The highest BCUT2D eigenvalue weighted by molar-refractivity contribution is 8.00. The van der Waals surface area contributed by atoms with E-state index in [2.05, 4.69) is 418 Å². The van der Waals surface area contributed by atoms with Gasteiger partial charge in [0.2, 0.25) is 6.71 Å². The van der Waals surface area contributed by atoms with Crippen molar-refractivity contribution in [1.82, 2.24) is 9.13 Å². The fourth-order valence-corrected chi connectivity index (χ4v) is 19.6. The molecule has 2 aromatic heterocycles. The summed E-state index contributed by atoms with van der Waals surface area (Å²) in [6.07, 6.45) is 0. The monoisotopic (exact) mass is 1390 g/mol. The summed E-state index contributed by atoms with van der Waals surface area (Å²) in [5.74, 6) is 0. The Morgan fingerprint density at radius 1 is 0.222 bits per heavy atom. The molecule has 6 heterocycles. The predicted octanol–water partition coefficient (Wildman–Crippen LogP) is 22.4. The van der Waals surface area contributed by atoms with Crippen molar-refractivity contribution in [3.8, 4) is 78.4 Å². The third-order valence-corrected chi connectivity index (χ3v) is 23.8. The molecule has 502 valence electrons. The van der Waals surface area contributed by atoms with Gasteiger partial charge >= 0.3 is 0 Å².